The van der Waals surface area contributed by atoms with Crippen LogP contribution in [0.5, 0.6) is 0 Å². The molecule has 1 unspecified atom stereocenters. The monoisotopic (exact) mass is 297 g/mol. The van der Waals surface area contributed by atoms with Crippen LogP contribution in [0.1, 0.15) is 12.5 Å². The zero-order chi connectivity index (χ0) is 14.5. The number of carbonyl (C=O) groups is 1. The first-order valence-corrected chi connectivity index (χ1v) is 7.14. The minimum Gasteiger partial charge on any atom is -0.377 e. The molecule has 0 radical (unpaired) electrons. The summed E-state index contributed by atoms with van der Waals surface area (Å²) in [5.74, 6) is -0.376. The number of primary amides is 1. The van der Waals surface area contributed by atoms with Gasteiger partial charge in [0.05, 0.1) is 13.2 Å². The van der Waals surface area contributed by atoms with Gasteiger partial charge in [0, 0.05) is 29.4 Å². The van der Waals surface area contributed by atoms with Crippen molar-refractivity contribution in [3.05, 3.63) is 28.8 Å². The second kappa shape index (κ2) is 6.92. The molecule has 20 heavy (non-hydrogen) atoms. The highest BCUT2D eigenvalue weighted by atomic mass is 35.5. The Labute approximate surface area is 124 Å². The largest absolute Gasteiger partial charge is 0.377 e. The van der Waals surface area contributed by atoms with Crippen molar-refractivity contribution < 1.29 is 9.53 Å². The molecule has 1 aliphatic rings. The summed E-state index contributed by atoms with van der Waals surface area (Å²) in [7, 11) is 0. The average molecular weight is 298 g/mol. The van der Waals surface area contributed by atoms with E-state index in [2.05, 4.69) is 5.32 Å². The van der Waals surface area contributed by atoms with Crippen LogP contribution in [-0.2, 0) is 16.1 Å². The summed E-state index contributed by atoms with van der Waals surface area (Å²) in [6.45, 7) is 5.09. The molecule has 1 heterocycles. The first-order chi connectivity index (χ1) is 9.65. The third kappa shape index (κ3) is 3.23. The van der Waals surface area contributed by atoms with Crippen molar-refractivity contribution in [2.75, 3.05) is 31.2 Å². The molecule has 1 aliphatic heterocycles. The lowest BCUT2D eigenvalue weighted by molar-refractivity contribution is -0.121. The number of nitrogens with two attached hydrogens (primary N) is 1. The second-order valence-electron chi connectivity index (χ2n) is 4.70. The highest BCUT2D eigenvalue weighted by Crippen LogP contribution is 2.29. The number of halogens is 1. The Balaban J connectivity index is 2.34. The van der Waals surface area contributed by atoms with Gasteiger partial charge < -0.3 is 20.7 Å². The molecular formula is C14H20ClN3O2. The van der Waals surface area contributed by atoms with Crippen LogP contribution >= 0.6 is 11.6 Å². The van der Waals surface area contributed by atoms with Crippen LogP contribution in [0.2, 0.25) is 5.02 Å². The van der Waals surface area contributed by atoms with Gasteiger partial charge in [-0.1, -0.05) is 24.6 Å². The molecule has 6 heteroatoms. The predicted octanol–water partition coefficient (Wildman–Crippen LogP) is 1.14. The predicted molar refractivity (Wildman–Crippen MR) is 80.0 cm³/mol. The van der Waals surface area contributed by atoms with E-state index in [4.69, 9.17) is 22.1 Å². The van der Waals surface area contributed by atoms with Gasteiger partial charge in [-0.3, -0.25) is 4.79 Å². The molecule has 1 atom stereocenters. The van der Waals surface area contributed by atoms with Gasteiger partial charge in [0.1, 0.15) is 6.04 Å². The fourth-order valence-electron chi connectivity index (χ4n) is 2.37. The van der Waals surface area contributed by atoms with Crippen molar-refractivity contribution in [1.82, 2.24) is 5.32 Å². The molecule has 1 aromatic carbocycles. The maximum Gasteiger partial charge on any atom is 0.242 e. The highest BCUT2D eigenvalue weighted by molar-refractivity contribution is 6.31. The van der Waals surface area contributed by atoms with Gasteiger partial charge in [0.2, 0.25) is 5.91 Å². The average Bonchev–Trinajstić information content (AvgIpc) is 2.45. The van der Waals surface area contributed by atoms with Crippen molar-refractivity contribution in [3.63, 3.8) is 0 Å². The van der Waals surface area contributed by atoms with Gasteiger partial charge in [-0.2, -0.15) is 0 Å². The molecule has 1 fully saturated rings. The quantitative estimate of drug-likeness (QED) is 0.855. The summed E-state index contributed by atoms with van der Waals surface area (Å²) < 4.78 is 5.36. The number of morpholine rings is 1. The Morgan fingerprint density at radius 1 is 1.60 bits per heavy atom. The summed E-state index contributed by atoms with van der Waals surface area (Å²) in [4.78, 5) is 13.6. The van der Waals surface area contributed by atoms with Crippen LogP contribution < -0.4 is 16.0 Å². The zero-order valence-corrected chi connectivity index (χ0v) is 12.3. The fraction of sp³-hybridized carbons (Fsp3) is 0.500. The maximum absolute atomic E-state index is 11.6. The van der Waals surface area contributed by atoms with Gasteiger partial charge >= 0.3 is 0 Å². The van der Waals surface area contributed by atoms with E-state index in [-0.39, 0.29) is 5.91 Å². The van der Waals surface area contributed by atoms with Crippen LogP contribution in [0.3, 0.4) is 0 Å². The van der Waals surface area contributed by atoms with Crippen LogP contribution in [0.4, 0.5) is 5.69 Å². The minimum absolute atomic E-state index is 0.322. The summed E-state index contributed by atoms with van der Waals surface area (Å²) in [6, 6.07) is 5.28. The molecule has 3 N–H and O–H groups in total. The number of benzene rings is 1. The van der Waals surface area contributed by atoms with E-state index in [9.17, 15) is 4.79 Å². The molecule has 2 rings (SSSR count). The van der Waals surface area contributed by atoms with Crippen LogP contribution in [-0.4, -0.2) is 38.3 Å². The van der Waals surface area contributed by atoms with Crippen LogP contribution in [0.25, 0.3) is 0 Å². The Hall–Kier alpha value is -1.30. The SMILES string of the molecule is CCNCc1c(Cl)cccc1N1CCOCC1C(N)=O. The number of nitrogens with zero attached hydrogens (tertiary/aromatic N) is 1. The van der Waals surface area contributed by atoms with Crippen molar-refractivity contribution in [2.24, 2.45) is 5.73 Å². The lowest BCUT2D eigenvalue weighted by Gasteiger charge is -2.36. The summed E-state index contributed by atoms with van der Waals surface area (Å²) in [5.41, 5.74) is 7.41. The Bertz CT molecular complexity index is 481. The number of carbonyl (C=O) groups excluding carboxylic acids is 1. The van der Waals surface area contributed by atoms with E-state index in [0.29, 0.717) is 31.3 Å². The summed E-state index contributed by atoms with van der Waals surface area (Å²) in [5, 5.41) is 3.96. The third-order valence-electron chi connectivity index (χ3n) is 3.41. The fourth-order valence-corrected chi connectivity index (χ4v) is 2.61. The normalized spacial score (nSPS) is 19.1. The van der Waals surface area contributed by atoms with Gasteiger partial charge in [0.25, 0.3) is 0 Å². The number of ether oxygens (including phenoxy) is 1. The molecular weight excluding hydrogens is 278 g/mol. The van der Waals surface area contributed by atoms with E-state index in [1.165, 1.54) is 0 Å². The van der Waals surface area contributed by atoms with Gasteiger partial charge in [-0.15, -0.1) is 0 Å². The second-order valence-corrected chi connectivity index (χ2v) is 5.11. The summed E-state index contributed by atoms with van der Waals surface area (Å²) >= 11 is 6.30. The topological polar surface area (TPSA) is 67.6 Å². The molecule has 0 aromatic heterocycles. The standard InChI is InChI=1S/C14H20ClN3O2/c1-2-17-8-10-11(15)4-3-5-12(10)18-6-7-20-9-13(18)14(16)19/h3-5,13,17H,2,6-9H2,1H3,(H2,16,19). The van der Waals surface area contributed by atoms with Gasteiger partial charge in [-0.05, 0) is 18.7 Å². The molecule has 0 aliphatic carbocycles. The Kier molecular flexibility index (Phi) is 5.23. The number of rotatable bonds is 5. The number of anilines is 1. The van der Waals surface area contributed by atoms with E-state index in [0.717, 1.165) is 17.8 Å². The van der Waals surface area contributed by atoms with E-state index in [1.807, 2.05) is 30.0 Å². The molecule has 0 spiro atoms. The zero-order valence-electron chi connectivity index (χ0n) is 11.6. The molecule has 1 saturated heterocycles. The van der Waals surface area contributed by atoms with Crippen molar-refractivity contribution >= 4 is 23.2 Å². The molecule has 5 nitrogen and oxygen atoms in total. The molecule has 1 aromatic rings. The smallest absolute Gasteiger partial charge is 0.242 e. The van der Waals surface area contributed by atoms with Crippen LogP contribution in [0, 0.1) is 0 Å². The van der Waals surface area contributed by atoms with Crippen molar-refractivity contribution in [3.8, 4) is 0 Å². The lowest BCUT2D eigenvalue weighted by atomic mass is 10.1. The van der Waals surface area contributed by atoms with E-state index in [1.54, 1.807) is 0 Å². The van der Waals surface area contributed by atoms with Crippen LogP contribution in [0.15, 0.2) is 18.2 Å². The lowest BCUT2D eigenvalue weighted by Crippen LogP contribution is -2.53. The Morgan fingerprint density at radius 2 is 2.40 bits per heavy atom. The summed E-state index contributed by atoms with van der Waals surface area (Å²) in [6.07, 6.45) is 0. The van der Waals surface area contributed by atoms with Gasteiger partial charge in [-0.25, -0.2) is 0 Å². The molecule has 110 valence electrons. The number of amides is 1. The number of hydrogen-bond donors (Lipinski definition) is 2. The van der Waals surface area contributed by atoms with E-state index < -0.39 is 6.04 Å². The maximum atomic E-state index is 11.6. The first kappa shape index (κ1) is 15.1. The molecule has 0 saturated carbocycles. The third-order valence-corrected chi connectivity index (χ3v) is 3.77. The molecule has 1 amide bonds. The van der Waals surface area contributed by atoms with E-state index >= 15 is 0 Å². The minimum atomic E-state index is -0.442. The Morgan fingerprint density at radius 3 is 3.10 bits per heavy atom. The molecule has 0 bridgehead atoms. The van der Waals surface area contributed by atoms with Gasteiger partial charge in [0.15, 0.2) is 0 Å². The number of hydrogen-bond acceptors (Lipinski definition) is 4. The first-order valence-electron chi connectivity index (χ1n) is 6.77. The highest BCUT2D eigenvalue weighted by Gasteiger charge is 2.29. The van der Waals surface area contributed by atoms with Crippen molar-refractivity contribution in [2.45, 2.75) is 19.5 Å². The van der Waals surface area contributed by atoms with Crippen molar-refractivity contribution in [1.29, 1.82) is 0 Å². The number of nitrogens with one attached hydrogen (secondary N) is 1.